The number of rotatable bonds is 6. The van der Waals surface area contributed by atoms with Crippen LogP contribution in [0.3, 0.4) is 0 Å². The molecule has 0 aromatic rings. The van der Waals surface area contributed by atoms with Gasteiger partial charge in [0.2, 0.25) is 0 Å². The van der Waals surface area contributed by atoms with Gasteiger partial charge in [-0.15, -0.1) is 0 Å². The SMILES string of the molecule is C1CC([S][Sb]2([S]C3CCS3)([S]C3CCS3)[S]CC[S]2)S1. The van der Waals surface area contributed by atoms with E-state index in [9.17, 15) is 0 Å². The van der Waals surface area contributed by atoms with Crippen LogP contribution in [0, 0.1) is 0 Å². The number of thioether (sulfide) groups is 3. The molecule has 4 saturated heterocycles. The first-order valence-corrected chi connectivity index (χ1v) is 30.2. The summed E-state index contributed by atoms with van der Waals surface area (Å²) in [4.78, 5) is 0. The standard InChI is InChI=1S/3C3H6S2.C2H6S2.Sb/c3*4-3-1-2-5-3;3-1-2-4;/h3*3-4H,1-2H2;3-4H,1-2H2;/q;;;;+5/p-5. The summed E-state index contributed by atoms with van der Waals surface area (Å²) in [6.07, 6.45) is 4.44. The second kappa shape index (κ2) is 7.09. The Morgan fingerprint density at radius 1 is 0.600 bits per heavy atom. The third-order valence-electron chi connectivity index (χ3n) is 3.53. The van der Waals surface area contributed by atoms with Crippen LogP contribution in [0.4, 0.5) is 0 Å². The molecule has 116 valence electrons. The van der Waals surface area contributed by atoms with Gasteiger partial charge in [0.25, 0.3) is 0 Å². The van der Waals surface area contributed by atoms with Gasteiger partial charge in [0.05, 0.1) is 0 Å². The van der Waals surface area contributed by atoms with Crippen molar-refractivity contribution in [3.05, 3.63) is 0 Å². The van der Waals surface area contributed by atoms with E-state index in [1.165, 1.54) is 48.0 Å². The second-order valence-corrected chi connectivity index (χ2v) is 67.6. The summed E-state index contributed by atoms with van der Waals surface area (Å²) in [6.45, 7) is 0. The zero-order valence-electron chi connectivity index (χ0n) is 11.1. The summed E-state index contributed by atoms with van der Waals surface area (Å²) in [5, 5.41) is 0. The molecule has 0 radical (unpaired) electrons. The molecule has 0 aromatic heterocycles. The Labute approximate surface area is 149 Å². The van der Waals surface area contributed by atoms with Crippen molar-refractivity contribution in [2.75, 3.05) is 28.8 Å². The molecule has 0 aliphatic carbocycles. The fourth-order valence-electron chi connectivity index (χ4n) is 2.13. The number of hydrogen-bond acceptors (Lipinski definition) is 8. The van der Waals surface area contributed by atoms with Crippen molar-refractivity contribution >= 4 is 89.9 Å². The van der Waals surface area contributed by atoms with Crippen molar-refractivity contribution in [1.82, 2.24) is 0 Å². The Kier molecular flexibility index (Phi) is 6.04. The fraction of sp³-hybridized carbons (Fsp3) is 1.00. The molecule has 3 unspecified atom stereocenters. The van der Waals surface area contributed by atoms with Crippen LogP contribution in [-0.4, -0.2) is 52.9 Å². The zero-order chi connectivity index (χ0) is 13.5. The van der Waals surface area contributed by atoms with Crippen LogP contribution in [-0.2, 0) is 0 Å². The van der Waals surface area contributed by atoms with Crippen molar-refractivity contribution in [3.8, 4) is 0 Å². The average Bonchev–Trinajstić information content (AvgIpc) is 2.71. The predicted molar refractivity (Wildman–Crippen MR) is 116 cm³/mol. The minimum absolute atomic E-state index is 0.949. The van der Waals surface area contributed by atoms with Crippen LogP contribution in [0.15, 0.2) is 0 Å². The Balaban J connectivity index is 1.55. The molecular formula is C11H19S8Sb. The Morgan fingerprint density at radius 2 is 0.950 bits per heavy atom. The monoisotopic (exact) mass is 528 g/mol. The van der Waals surface area contributed by atoms with Gasteiger partial charge in [-0.05, 0) is 0 Å². The van der Waals surface area contributed by atoms with Gasteiger partial charge in [-0.2, -0.15) is 0 Å². The van der Waals surface area contributed by atoms with Gasteiger partial charge in [-0.3, -0.25) is 0 Å². The Hall–Kier alpha value is 3.62. The first-order chi connectivity index (χ1) is 9.76. The zero-order valence-corrected chi connectivity index (χ0v) is 20.2. The topological polar surface area (TPSA) is 0 Å². The van der Waals surface area contributed by atoms with Gasteiger partial charge in [0.15, 0.2) is 0 Å². The summed E-state index contributed by atoms with van der Waals surface area (Å²) >= 11 is 6.72. The first kappa shape index (κ1) is 17.1. The van der Waals surface area contributed by atoms with Crippen molar-refractivity contribution < 1.29 is 0 Å². The summed E-state index contributed by atoms with van der Waals surface area (Å²) in [6, 6.07) is 0. The van der Waals surface area contributed by atoms with Gasteiger partial charge >= 0.3 is 152 Å². The molecule has 4 aliphatic rings. The molecule has 4 fully saturated rings. The summed E-state index contributed by atoms with van der Waals surface area (Å²) in [7, 11) is 9.88. The van der Waals surface area contributed by atoms with Crippen LogP contribution in [0.1, 0.15) is 19.3 Å². The van der Waals surface area contributed by atoms with E-state index in [-0.39, 0.29) is 0 Å². The van der Waals surface area contributed by atoms with E-state index in [0.29, 0.717) is 0 Å². The third-order valence-corrected chi connectivity index (χ3v) is 80.5. The molecule has 4 aliphatic heterocycles. The van der Waals surface area contributed by atoms with Crippen molar-refractivity contribution in [2.45, 2.75) is 33.0 Å². The minimum atomic E-state index is -2.69. The van der Waals surface area contributed by atoms with Crippen LogP contribution < -0.4 is 0 Å². The van der Waals surface area contributed by atoms with Crippen LogP contribution in [0.5, 0.6) is 0 Å². The number of hydrogen-bond donors (Lipinski definition) is 0. The van der Waals surface area contributed by atoms with E-state index < -0.39 is 10.4 Å². The van der Waals surface area contributed by atoms with Gasteiger partial charge in [-0.25, -0.2) is 0 Å². The van der Waals surface area contributed by atoms with Crippen LogP contribution >= 0.6 is 79.5 Å². The first-order valence-electron chi connectivity index (χ1n) is 7.00. The van der Waals surface area contributed by atoms with E-state index in [4.69, 9.17) is 0 Å². The molecule has 4 rings (SSSR count). The molecule has 0 bridgehead atoms. The Bertz CT molecular complexity index is 314. The van der Waals surface area contributed by atoms with Crippen LogP contribution in [0.2, 0.25) is 0 Å². The van der Waals surface area contributed by atoms with E-state index in [1.807, 2.05) is 0 Å². The quantitative estimate of drug-likeness (QED) is 0.383. The van der Waals surface area contributed by atoms with Crippen LogP contribution in [0.25, 0.3) is 0 Å². The predicted octanol–water partition coefficient (Wildman–Crippen LogP) is 5.94. The maximum absolute atomic E-state index is 2.69. The summed E-state index contributed by atoms with van der Waals surface area (Å²) in [5.41, 5.74) is 0. The van der Waals surface area contributed by atoms with Gasteiger partial charge in [0, 0.05) is 0 Å². The van der Waals surface area contributed by atoms with E-state index in [2.05, 4.69) is 79.5 Å². The molecule has 9 heteroatoms. The maximum atomic E-state index is 2.53. The normalized spacial score (nSPS) is 43.6. The van der Waals surface area contributed by atoms with Gasteiger partial charge in [-0.1, -0.05) is 0 Å². The molecule has 0 saturated carbocycles. The molecule has 0 spiro atoms. The molecule has 0 N–H and O–H groups in total. The van der Waals surface area contributed by atoms with E-state index >= 15 is 0 Å². The van der Waals surface area contributed by atoms with Crippen molar-refractivity contribution in [2.24, 2.45) is 0 Å². The molecule has 0 aromatic carbocycles. The second-order valence-electron chi connectivity index (χ2n) is 5.00. The van der Waals surface area contributed by atoms with Gasteiger partial charge < -0.3 is 0 Å². The molecular weight excluding hydrogens is 510 g/mol. The molecule has 0 nitrogen and oxygen atoms in total. The van der Waals surface area contributed by atoms with E-state index in [0.717, 1.165) is 13.7 Å². The average molecular weight is 530 g/mol. The Morgan fingerprint density at radius 3 is 1.20 bits per heavy atom. The molecule has 4 heterocycles. The van der Waals surface area contributed by atoms with Crippen molar-refractivity contribution in [3.63, 3.8) is 0 Å². The van der Waals surface area contributed by atoms with E-state index in [1.54, 1.807) is 0 Å². The third kappa shape index (κ3) is 3.59. The molecule has 0 amide bonds. The summed E-state index contributed by atoms with van der Waals surface area (Å²) < 4.78 is 2.85. The van der Waals surface area contributed by atoms with Crippen molar-refractivity contribution in [1.29, 1.82) is 0 Å². The molecule has 3 atom stereocenters. The summed E-state index contributed by atoms with van der Waals surface area (Å²) in [5.74, 6) is 7.13. The van der Waals surface area contributed by atoms with Gasteiger partial charge in [0.1, 0.15) is 0 Å². The fourth-order valence-corrected chi connectivity index (χ4v) is 113. The molecule has 20 heavy (non-hydrogen) atoms.